The molecule has 1 unspecified atom stereocenters. The largest absolute Gasteiger partial charge is 0.471 e. The first-order valence-electron chi connectivity index (χ1n) is 9.32. The van der Waals surface area contributed by atoms with Crippen LogP contribution in [0.3, 0.4) is 0 Å². The van der Waals surface area contributed by atoms with Crippen LogP contribution in [0.2, 0.25) is 5.02 Å². The van der Waals surface area contributed by atoms with Gasteiger partial charge in [-0.25, -0.2) is 15.0 Å². The Morgan fingerprint density at radius 2 is 1.89 bits per heavy atom. The number of halogens is 1. The topological polar surface area (TPSA) is 86.7 Å². The molecule has 1 amide bonds. The highest BCUT2D eigenvalue weighted by Crippen LogP contribution is 2.26. The van der Waals surface area contributed by atoms with Crippen molar-refractivity contribution in [3.8, 4) is 11.9 Å². The third kappa shape index (κ3) is 4.51. The number of hydrogen-bond donors (Lipinski definition) is 0. The van der Waals surface area contributed by atoms with Crippen molar-refractivity contribution >= 4 is 17.5 Å². The molecule has 0 aliphatic carbocycles. The van der Waals surface area contributed by atoms with Gasteiger partial charge in [0.15, 0.2) is 0 Å². The number of nitrogens with zero attached hydrogens (tertiary/aromatic N) is 4. The molecule has 0 spiro atoms. The second kappa shape index (κ2) is 8.70. The smallest absolute Gasteiger partial charge is 0.316 e. The number of rotatable bonds is 5. The molecule has 9 heteroatoms. The zero-order valence-corrected chi connectivity index (χ0v) is 16.0. The van der Waals surface area contributed by atoms with Gasteiger partial charge in [-0.3, -0.25) is 4.79 Å². The van der Waals surface area contributed by atoms with Crippen molar-refractivity contribution in [3.63, 3.8) is 0 Å². The number of aromatic nitrogens is 3. The molecule has 0 radical (unpaired) electrons. The summed E-state index contributed by atoms with van der Waals surface area (Å²) in [5.41, 5.74) is 0.450. The monoisotopic (exact) mass is 404 g/mol. The van der Waals surface area contributed by atoms with Gasteiger partial charge in [-0.05, 0) is 12.1 Å². The average molecular weight is 405 g/mol. The van der Waals surface area contributed by atoms with E-state index in [1.165, 1.54) is 6.20 Å². The van der Waals surface area contributed by atoms with E-state index >= 15 is 0 Å². The van der Waals surface area contributed by atoms with Crippen molar-refractivity contribution in [1.82, 2.24) is 19.9 Å². The van der Waals surface area contributed by atoms with E-state index in [1.807, 2.05) is 0 Å². The maximum absolute atomic E-state index is 12.8. The predicted octanol–water partition coefficient (Wildman–Crippen LogP) is 2.38. The van der Waals surface area contributed by atoms with Gasteiger partial charge in [0, 0.05) is 50.9 Å². The number of amides is 1. The number of carbonyl (C=O) groups is 1. The molecule has 28 heavy (non-hydrogen) atoms. The van der Waals surface area contributed by atoms with E-state index in [2.05, 4.69) is 15.0 Å². The van der Waals surface area contributed by atoms with Crippen LogP contribution in [0.5, 0.6) is 11.9 Å². The summed E-state index contributed by atoms with van der Waals surface area (Å²) in [7, 11) is 0. The highest BCUT2D eigenvalue weighted by atomic mass is 35.5. The molecule has 2 aromatic rings. The second-order valence-electron chi connectivity index (χ2n) is 6.76. The molecule has 2 aliphatic heterocycles. The summed E-state index contributed by atoms with van der Waals surface area (Å²) in [5.74, 6) is 0.239. The van der Waals surface area contributed by atoms with Gasteiger partial charge in [-0.1, -0.05) is 11.6 Å². The minimum atomic E-state index is -0.0976. The Hall–Kier alpha value is -2.45. The first-order chi connectivity index (χ1) is 13.7. The molecule has 1 atom stereocenters. The zero-order chi connectivity index (χ0) is 19.3. The summed E-state index contributed by atoms with van der Waals surface area (Å²) < 4.78 is 16.8. The summed E-state index contributed by atoms with van der Waals surface area (Å²) >= 11 is 6.27. The Bertz CT molecular complexity index is 809. The normalized spacial score (nSPS) is 20.2. The molecular weight excluding hydrogens is 384 g/mol. The molecule has 4 heterocycles. The fourth-order valence-corrected chi connectivity index (χ4v) is 3.46. The van der Waals surface area contributed by atoms with Gasteiger partial charge in [0.2, 0.25) is 5.88 Å². The van der Waals surface area contributed by atoms with Crippen molar-refractivity contribution in [2.24, 2.45) is 0 Å². The minimum absolute atomic E-state index is 0.00225. The van der Waals surface area contributed by atoms with Crippen LogP contribution < -0.4 is 9.47 Å². The van der Waals surface area contributed by atoms with E-state index in [4.69, 9.17) is 25.8 Å². The van der Waals surface area contributed by atoms with Gasteiger partial charge in [-0.2, -0.15) is 0 Å². The molecule has 0 saturated carbocycles. The lowest BCUT2D eigenvalue weighted by atomic mass is 10.1. The number of piperidine rings is 1. The Labute approximate surface area is 167 Å². The maximum Gasteiger partial charge on any atom is 0.316 e. The fraction of sp³-hybridized carbons (Fsp3) is 0.474. The molecule has 4 rings (SSSR count). The molecule has 2 aromatic heterocycles. The molecule has 8 nitrogen and oxygen atoms in total. The van der Waals surface area contributed by atoms with Crippen LogP contribution in [0, 0.1) is 0 Å². The summed E-state index contributed by atoms with van der Waals surface area (Å²) in [6.07, 6.45) is 7.00. The molecular formula is C19H21ClN4O4. The third-order valence-corrected chi connectivity index (χ3v) is 5.03. The first kappa shape index (κ1) is 18.9. The molecule has 148 valence electrons. The summed E-state index contributed by atoms with van der Waals surface area (Å²) in [6, 6.07) is 3.72. The van der Waals surface area contributed by atoms with Crippen LogP contribution in [-0.2, 0) is 4.74 Å². The van der Waals surface area contributed by atoms with Gasteiger partial charge in [-0.15, -0.1) is 0 Å². The number of ether oxygens (including phenoxy) is 3. The van der Waals surface area contributed by atoms with E-state index in [0.717, 1.165) is 6.42 Å². The second-order valence-corrected chi connectivity index (χ2v) is 7.16. The molecule has 0 aromatic carbocycles. The standard InChI is InChI=1S/C19H21ClN4O4/c20-16-10-13(11-23-17(16)27-15-4-9-26-12-15)18(25)24-7-2-14(3-8-24)28-19-21-5-1-6-22-19/h1,5-6,10-11,14-15H,2-4,7-9,12H2. The zero-order valence-electron chi connectivity index (χ0n) is 15.3. The SMILES string of the molecule is O=C(c1cnc(OC2CCOC2)c(Cl)c1)N1CCC(Oc2ncccn2)CC1. The summed E-state index contributed by atoms with van der Waals surface area (Å²) in [5, 5.41) is 0.331. The van der Waals surface area contributed by atoms with E-state index in [1.54, 1.807) is 29.4 Å². The van der Waals surface area contributed by atoms with E-state index in [-0.39, 0.29) is 18.1 Å². The van der Waals surface area contributed by atoms with Crippen molar-refractivity contribution in [3.05, 3.63) is 41.3 Å². The third-order valence-electron chi connectivity index (χ3n) is 4.76. The number of carbonyl (C=O) groups excluding carboxylic acids is 1. The number of pyridine rings is 1. The molecule has 2 fully saturated rings. The summed E-state index contributed by atoms with van der Waals surface area (Å²) in [4.78, 5) is 26.9. The van der Waals surface area contributed by atoms with E-state index in [0.29, 0.717) is 61.6 Å². The van der Waals surface area contributed by atoms with Crippen LogP contribution in [0.4, 0.5) is 0 Å². The Morgan fingerprint density at radius 3 is 2.57 bits per heavy atom. The highest BCUT2D eigenvalue weighted by Gasteiger charge is 2.26. The molecule has 2 aliphatic rings. The van der Waals surface area contributed by atoms with Crippen LogP contribution in [-0.4, -0.2) is 64.3 Å². The molecule has 0 bridgehead atoms. The Morgan fingerprint density at radius 1 is 1.11 bits per heavy atom. The maximum atomic E-state index is 12.8. The first-order valence-corrected chi connectivity index (χ1v) is 9.70. The lowest BCUT2D eigenvalue weighted by Crippen LogP contribution is -2.42. The number of likely N-dealkylation sites (tertiary alicyclic amines) is 1. The quantitative estimate of drug-likeness (QED) is 0.756. The van der Waals surface area contributed by atoms with Gasteiger partial charge >= 0.3 is 6.01 Å². The average Bonchev–Trinajstić information content (AvgIpc) is 3.23. The van der Waals surface area contributed by atoms with E-state index < -0.39 is 0 Å². The van der Waals surface area contributed by atoms with Crippen LogP contribution >= 0.6 is 11.6 Å². The van der Waals surface area contributed by atoms with Gasteiger partial charge in [0.05, 0.1) is 18.8 Å². The van der Waals surface area contributed by atoms with Gasteiger partial charge in [0.25, 0.3) is 5.91 Å². The Kier molecular flexibility index (Phi) is 5.87. The van der Waals surface area contributed by atoms with Crippen molar-refractivity contribution in [2.45, 2.75) is 31.5 Å². The summed E-state index contributed by atoms with van der Waals surface area (Å²) in [6.45, 7) is 2.38. The fourth-order valence-electron chi connectivity index (χ4n) is 3.25. The van der Waals surface area contributed by atoms with E-state index in [9.17, 15) is 4.79 Å². The van der Waals surface area contributed by atoms with Crippen molar-refractivity contribution in [1.29, 1.82) is 0 Å². The molecule has 2 saturated heterocycles. The van der Waals surface area contributed by atoms with Crippen LogP contribution in [0.1, 0.15) is 29.6 Å². The van der Waals surface area contributed by atoms with Crippen LogP contribution in [0.25, 0.3) is 0 Å². The van der Waals surface area contributed by atoms with Gasteiger partial charge in [0.1, 0.15) is 17.2 Å². The van der Waals surface area contributed by atoms with Crippen molar-refractivity contribution < 1.29 is 19.0 Å². The lowest BCUT2D eigenvalue weighted by molar-refractivity contribution is 0.0578. The van der Waals surface area contributed by atoms with Crippen molar-refractivity contribution in [2.75, 3.05) is 26.3 Å². The highest BCUT2D eigenvalue weighted by molar-refractivity contribution is 6.32. The Balaban J connectivity index is 1.32. The van der Waals surface area contributed by atoms with Crippen LogP contribution in [0.15, 0.2) is 30.7 Å². The minimum Gasteiger partial charge on any atom is -0.471 e. The number of hydrogen-bond acceptors (Lipinski definition) is 7. The van der Waals surface area contributed by atoms with Gasteiger partial charge < -0.3 is 19.1 Å². The lowest BCUT2D eigenvalue weighted by Gasteiger charge is -2.31. The molecule has 0 N–H and O–H groups in total. The predicted molar refractivity (Wildman–Crippen MR) is 101 cm³/mol.